The normalized spacial score (nSPS) is 25.1. The first-order chi connectivity index (χ1) is 9.78. The quantitative estimate of drug-likeness (QED) is 0.743. The number of ether oxygens (including phenoxy) is 1. The molecule has 110 valence electrons. The number of aryl methyl sites for hydroxylation is 1. The Morgan fingerprint density at radius 1 is 1.35 bits per heavy atom. The van der Waals surface area contributed by atoms with Crippen LogP contribution in [-0.2, 0) is 22.6 Å². The highest BCUT2D eigenvalue weighted by molar-refractivity contribution is 5.77. The van der Waals surface area contributed by atoms with Crippen molar-refractivity contribution in [1.29, 1.82) is 0 Å². The third kappa shape index (κ3) is 2.71. The molecule has 0 unspecified atom stereocenters. The second-order valence-electron chi connectivity index (χ2n) is 5.41. The van der Waals surface area contributed by atoms with Crippen LogP contribution in [0.2, 0.25) is 0 Å². The molecule has 20 heavy (non-hydrogen) atoms. The molecule has 3 heterocycles. The second kappa shape index (κ2) is 5.93. The van der Waals surface area contributed by atoms with E-state index >= 15 is 0 Å². The smallest absolute Gasteiger partial charge is 0.323 e. The van der Waals surface area contributed by atoms with Gasteiger partial charge in [-0.1, -0.05) is 0 Å². The topological polar surface area (TPSA) is 50.6 Å². The summed E-state index contributed by atoms with van der Waals surface area (Å²) in [5.74, 6) is 1.08. The lowest BCUT2D eigenvalue weighted by Gasteiger charge is -2.36. The van der Waals surface area contributed by atoms with E-state index in [4.69, 9.17) is 4.74 Å². The van der Waals surface area contributed by atoms with Crippen LogP contribution in [0.3, 0.4) is 0 Å². The number of carbonyl (C=O) groups excluding carboxylic acids is 1. The van der Waals surface area contributed by atoms with Gasteiger partial charge in [0.1, 0.15) is 11.9 Å². The molecule has 6 heteroatoms. The zero-order valence-electron chi connectivity index (χ0n) is 12.0. The molecule has 0 spiro atoms. The van der Waals surface area contributed by atoms with E-state index in [1.54, 1.807) is 0 Å². The molecule has 0 radical (unpaired) electrons. The lowest BCUT2D eigenvalue weighted by Crippen LogP contribution is -2.51. The highest BCUT2D eigenvalue weighted by Gasteiger charge is 2.34. The van der Waals surface area contributed by atoms with Gasteiger partial charge >= 0.3 is 5.97 Å². The van der Waals surface area contributed by atoms with Gasteiger partial charge in [0.15, 0.2) is 0 Å². The third-order valence-corrected chi connectivity index (χ3v) is 4.26. The summed E-state index contributed by atoms with van der Waals surface area (Å²) >= 11 is 0. The maximum Gasteiger partial charge on any atom is 0.323 e. The van der Waals surface area contributed by atoms with Crippen LogP contribution in [0.5, 0.6) is 0 Å². The van der Waals surface area contributed by atoms with Gasteiger partial charge in [0, 0.05) is 51.5 Å². The molecular weight excluding hydrogens is 256 g/mol. The van der Waals surface area contributed by atoms with E-state index in [1.807, 2.05) is 12.4 Å². The molecule has 1 aromatic heterocycles. The first kappa shape index (κ1) is 13.6. The summed E-state index contributed by atoms with van der Waals surface area (Å²) < 4.78 is 7.23. The summed E-state index contributed by atoms with van der Waals surface area (Å²) in [5, 5.41) is 0. The van der Waals surface area contributed by atoms with Crippen LogP contribution in [0.1, 0.15) is 19.2 Å². The van der Waals surface area contributed by atoms with Crippen molar-refractivity contribution in [3.8, 4) is 0 Å². The number of imidazole rings is 1. The van der Waals surface area contributed by atoms with Gasteiger partial charge in [-0.05, 0) is 6.92 Å². The summed E-state index contributed by atoms with van der Waals surface area (Å²) in [7, 11) is 0. The lowest BCUT2D eigenvalue weighted by atomic mass is 10.2. The molecule has 0 bridgehead atoms. The molecule has 0 aliphatic carbocycles. The van der Waals surface area contributed by atoms with Crippen molar-refractivity contribution < 1.29 is 9.53 Å². The molecule has 2 fully saturated rings. The maximum absolute atomic E-state index is 11.6. The van der Waals surface area contributed by atoms with Crippen LogP contribution in [0.4, 0.5) is 0 Å². The molecule has 3 rings (SSSR count). The summed E-state index contributed by atoms with van der Waals surface area (Å²) in [4.78, 5) is 20.7. The number of hydrogen-bond donors (Lipinski definition) is 0. The van der Waals surface area contributed by atoms with Crippen molar-refractivity contribution in [2.45, 2.75) is 32.5 Å². The average molecular weight is 278 g/mol. The molecule has 0 saturated carbocycles. The summed E-state index contributed by atoms with van der Waals surface area (Å²) in [6.45, 7) is 8.42. The van der Waals surface area contributed by atoms with Gasteiger partial charge in [-0.25, -0.2) is 4.98 Å². The Bertz CT molecular complexity index is 465. The Morgan fingerprint density at radius 2 is 2.15 bits per heavy atom. The number of aromatic nitrogens is 2. The van der Waals surface area contributed by atoms with Crippen molar-refractivity contribution in [2.24, 2.45) is 0 Å². The highest BCUT2D eigenvalue weighted by Crippen LogP contribution is 2.17. The Hall–Kier alpha value is -1.40. The first-order valence-corrected chi connectivity index (χ1v) is 7.41. The molecule has 1 atom stereocenters. The predicted octanol–water partition coefficient (Wildman–Crippen LogP) is 0.336. The van der Waals surface area contributed by atoms with E-state index in [0.717, 1.165) is 51.5 Å². The number of nitrogens with zero attached hydrogens (tertiary/aromatic N) is 4. The van der Waals surface area contributed by atoms with E-state index in [1.165, 1.54) is 0 Å². The largest absolute Gasteiger partial charge is 0.464 e. The van der Waals surface area contributed by atoms with Gasteiger partial charge in [-0.15, -0.1) is 0 Å². The van der Waals surface area contributed by atoms with Gasteiger partial charge in [-0.3, -0.25) is 14.6 Å². The van der Waals surface area contributed by atoms with Gasteiger partial charge < -0.3 is 9.30 Å². The summed E-state index contributed by atoms with van der Waals surface area (Å²) in [5.41, 5.74) is 0. The number of hydrogen-bond acceptors (Lipinski definition) is 5. The summed E-state index contributed by atoms with van der Waals surface area (Å²) in [6, 6.07) is -0.00484. The van der Waals surface area contributed by atoms with E-state index in [9.17, 15) is 4.79 Å². The molecule has 2 aliphatic heterocycles. The zero-order valence-corrected chi connectivity index (χ0v) is 12.0. The fraction of sp³-hybridized carbons (Fsp3) is 0.714. The van der Waals surface area contributed by atoms with E-state index in [0.29, 0.717) is 6.61 Å². The number of cyclic esters (lactones) is 1. The van der Waals surface area contributed by atoms with Gasteiger partial charge in [0.05, 0.1) is 13.2 Å². The van der Waals surface area contributed by atoms with E-state index in [2.05, 4.69) is 26.3 Å². The molecule has 2 aliphatic rings. The maximum atomic E-state index is 11.6. The van der Waals surface area contributed by atoms with Crippen LogP contribution in [0.25, 0.3) is 0 Å². The van der Waals surface area contributed by atoms with Gasteiger partial charge in [-0.2, -0.15) is 0 Å². The van der Waals surface area contributed by atoms with Crippen LogP contribution < -0.4 is 0 Å². The second-order valence-corrected chi connectivity index (χ2v) is 5.41. The molecule has 1 aromatic rings. The van der Waals surface area contributed by atoms with Crippen molar-refractivity contribution in [2.75, 3.05) is 32.8 Å². The van der Waals surface area contributed by atoms with Gasteiger partial charge in [0.25, 0.3) is 0 Å². The van der Waals surface area contributed by atoms with Crippen LogP contribution in [0.15, 0.2) is 12.4 Å². The minimum absolute atomic E-state index is 0.00484. The number of piperazine rings is 1. The zero-order chi connectivity index (χ0) is 13.9. The van der Waals surface area contributed by atoms with Crippen LogP contribution >= 0.6 is 0 Å². The molecule has 0 aromatic carbocycles. The van der Waals surface area contributed by atoms with Gasteiger partial charge in [0.2, 0.25) is 0 Å². The Kier molecular flexibility index (Phi) is 4.03. The fourth-order valence-electron chi connectivity index (χ4n) is 3.03. The standard InChI is InChI=1S/C14H22N4O2/c1-2-17-5-4-15-13(17)11-16-6-8-18(9-7-16)12-3-10-20-14(12)19/h4-5,12H,2-3,6-11H2,1H3/t12-/m1/s1. The lowest BCUT2D eigenvalue weighted by molar-refractivity contribution is -0.142. The Labute approximate surface area is 119 Å². The molecule has 0 amide bonds. The monoisotopic (exact) mass is 278 g/mol. The fourth-order valence-corrected chi connectivity index (χ4v) is 3.03. The minimum atomic E-state index is -0.0417. The van der Waals surface area contributed by atoms with Crippen LogP contribution in [0, 0.1) is 0 Å². The van der Waals surface area contributed by atoms with Crippen molar-refractivity contribution in [1.82, 2.24) is 19.4 Å². The number of esters is 1. The van der Waals surface area contributed by atoms with Crippen molar-refractivity contribution in [3.63, 3.8) is 0 Å². The highest BCUT2D eigenvalue weighted by atomic mass is 16.5. The molecular formula is C14H22N4O2. The Morgan fingerprint density at radius 3 is 2.80 bits per heavy atom. The van der Waals surface area contributed by atoms with Crippen LogP contribution in [-0.4, -0.2) is 64.1 Å². The first-order valence-electron chi connectivity index (χ1n) is 7.41. The predicted molar refractivity (Wildman–Crippen MR) is 74.1 cm³/mol. The molecule has 6 nitrogen and oxygen atoms in total. The van der Waals surface area contributed by atoms with E-state index in [-0.39, 0.29) is 12.0 Å². The SMILES string of the molecule is CCn1ccnc1CN1CCN([C@@H]2CCOC2=O)CC1. The third-order valence-electron chi connectivity index (χ3n) is 4.26. The minimum Gasteiger partial charge on any atom is -0.464 e. The number of rotatable bonds is 4. The van der Waals surface area contributed by atoms with Crippen molar-refractivity contribution >= 4 is 5.97 Å². The van der Waals surface area contributed by atoms with Crippen molar-refractivity contribution in [3.05, 3.63) is 18.2 Å². The molecule has 0 N–H and O–H groups in total. The average Bonchev–Trinajstić information content (AvgIpc) is 3.08. The summed E-state index contributed by atoms with van der Waals surface area (Å²) in [6.07, 6.45) is 4.74. The van der Waals surface area contributed by atoms with E-state index < -0.39 is 0 Å². The molecule has 2 saturated heterocycles. The Balaban J connectivity index is 1.52. The number of carbonyl (C=O) groups is 1.